The minimum Gasteiger partial charge on any atom is -0.460 e. The Labute approximate surface area is 427 Å². The molecule has 4 aromatic rings. The molecular weight excluding hydrogens is 938 g/mol. The molecule has 1 N–H and O–H groups in total. The van der Waals surface area contributed by atoms with Gasteiger partial charge in [-0.3, -0.25) is 14.4 Å². The van der Waals surface area contributed by atoms with Crippen LogP contribution in [-0.4, -0.2) is 82.4 Å². The molecule has 3 fully saturated rings. The number of amides is 3. The maximum Gasteiger partial charge on any atom is 0.408 e. The third-order valence-electron chi connectivity index (χ3n) is 13.3. The fraction of sp³-hybridized carbons (Fsp3) is 0.464. The van der Waals surface area contributed by atoms with Crippen molar-refractivity contribution in [1.82, 2.24) is 15.1 Å². The largest absolute Gasteiger partial charge is 0.460 e. The Kier molecular flexibility index (Phi) is 17.9. The van der Waals surface area contributed by atoms with Gasteiger partial charge in [0.05, 0.1) is 18.9 Å². The van der Waals surface area contributed by atoms with Gasteiger partial charge < -0.3 is 37.9 Å². The van der Waals surface area contributed by atoms with E-state index in [1.807, 2.05) is 42.8 Å². The number of likely N-dealkylation sites (tertiary alicyclic amines) is 2. The Morgan fingerprint density at radius 1 is 0.691 bits per heavy atom. The van der Waals surface area contributed by atoms with Crippen LogP contribution in [0.2, 0.25) is 0 Å². The number of nitrogens with one attached hydrogen (secondary N) is 1. The van der Waals surface area contributed by atoms with E-state index in [9.17, 15) is 23.6 Å². The predicted molar refractivity (Wildman–Crippen MR) is 257 cm³/mol. The first kappa shape index (κ1) is 52.9. The number of carbonyl (C=O) groups is 4. The molecule has 0 bridgehead atoms. The first-order chi connectivity index (χ1) is 31.8. The molecule has 361 valence electrons. The van der Waals surface area contributed by atoms with Crippen LogP contribution in [-0.2, 0) is 56.6 Å². The van der Waals surface area contributed by atoms with Crippen LogP contribution in [0.1, 0.15) is 133 Å². The van der Waals surface area contributed by atoms with Crippen LogP contribution in [0, 0.1) is 19.3 Å². The molecule has 2 aliphatic heterocycles. The molecule has 1 radical (unpaired) electrons. The number of hydrogen-bond donors (Lipinski definition) is 1. The van der Waals surface area contributed by atoms with E-state index in [-0.39, 0.29) is 88.3 Å². The van der Waals surface area contributed by atoms with E-state index in [4.69, 9.17) is 9.47 Å². The van der Waals surface area contributed by atoms with Gasteiger partial charge in [-0.05, 0) is 107 Å². The van der Waals surface area contributed by atoms with Gasteiger partial charge in [-0.1, -0.05) is 121 Å². The van der Waals surface area contributed by atoms with Crippen molar-refractivity contribution in [3.05, 3.63) is 145 Å². The number of carbonyl (C=O) groups excluding carboxylic acids is 4. The van der Waals surface area contributed by atoms with Crippen LogP contribution in [0.4, 0.5) is 13.6 Å². The van der Waals surface area contributed by atoms with E-state index in [1.165, 1.54) is 10.5 Å². The van der Waals surface area contributed by atoms with Gasteiger partial charge in [0.25, 0.3) is 0 Å². The van der Waals surface area contributed by atoms with Crippen molar-refractivity contribution in [1.29, 1.82) is 0 Å². The van der Waals surface area contributed by atoms with E-state index >= 15 is 4.39 Å². The third-order valence-corrected chi connectivity index (χ3v) is 13.3. The smallest absolute Gasteiger partial charge is 0.408 e. The molecule has 68 heavy (non-hydrogen) atoms. The van der Waals surface area contributed by atoms with Gasteiger partial charge in [-0.2, -0.15) is 12.3 Å². The summed E-state index contributed by atoms with van der Waals surface area (Å²) < 4.78 is 41.3. The van der Waals surface area contributed by atoms with Gasteiger partial charge in [0, 0.05) is 51.7 Å². The summed E-state index contributed by atoms with van der Waals surface area (Å²) in [5, 5.41) is 2.73. The molecule has 9 nitrogen and oxygen atoms in total. The normalized spacial score (nSPS) is 23.0. The summed E-state index contributed by atoms with van der Waals surface area (Å²) in [6.07, 6.45) is 2.54. The maximum absolute atomic E-state index is 15.2. The van der Waals surface area contributed by atoms with Gasteiger partial charge in [0.2, 0.25) is 11.8 Å². The van der Waals surface area contributed by atoms with E-state index < -0.39 is 59.5 Å². The number of nitrogens with zero attached hydrogens (tertiary/aromatic N) is 2. The molecule has 3 unspecified atom stereocenters. The number of hydrogen-bond acceptors (Lipinski definition) is 6. The second-order valence-electron chi connectivity index (χ2n) is 20.7. The molecule has 0 spiro atoms. The standard InChI is InChI=1S/C56H67F2N3O6.Y/c1-36(18-29-47-31-45(57)34-60(47)53(64)51(42-16-12-9-13-17-42)59-54(65)67-56(5,6)7)37-19-21-38(22-20-37)39-23-25-40(26-24-39)43-27-28-44(30-43)49-32-46(58)35-61(49)52(63)48(41-14-10-8-11-15-41)33-50(62)66-55(2,3)4;/h8-17,19-26,29,36,43-49,51H,1,18,27-28,30-35H2,2-7H3,(H,59,65);/q-2;/t36?,43?,44?,45-,46-,47-,48-,49+,51-;/m1./s1. The number of ether oxygens (including phenoxy) is 2. The second-order valence-corrected chi connectivity index (χ2v) is 20.7. The topological polar surface area (TPSA) is 105 Å². The van der Waals surface area contributed by atoms with Gasteiger partial charge >= 0.3 is 12.1 Å². The summed E-state index contributed by atoms with van der Waals surface area (Å²) in [6, 6.07) is 33.4. The Balaban J connectivity index is 0.00000761. The Hall–Kier alpha value is -4.48. The fourth-order valence-electron chi connectivity index (χ4n) is 10.1. The number of alkyl halides is 2. The van der Waals surface area contributed by atoms with Gasteiger partial charge in [-0.25, -0.2) is 13.6 Å². The summed E-state index contributed by atoms with van der Waals surface area (Å²) in [7, 11) is 0. The van der Waals surface area contributed by atoms with Crippen molar-refractivity contribution < 1.29 is 70.1 Å². The monoisotopic (exact) mass is 1000 g/mol. The molecule has 0 aromatic heterocycles. The van der Waals surface area contributed by atoms with Crippen LogP contribution in [0.5, 0.6) is 0 Å². The molecule has 1 saturated carbocycles. The van der Waals surface area contributed by atoms with E-state index in [0.717, 1.165) is 41.5 Å². The van der Waals surface area contributed by atoms with Crippen LogP contribution < -0.4 is 5.32 Å². The summed E-state index contributed by atoms with van der Waals surface area (Å²) in [5.74, 6) is -1.51. The fourth-order valence-corrected chi connectivity index (χ4v) is 10.1. The maximum atomic E-state index is 15.2. The summed E-state index contributed by atoms with van der Waals surface area (Å²) in [4.78, 5) is 57.4. The quantitative estimate of drug-likeness (QED) is 0.0996. The average Bonchev–Trinajstić information content (AvgIpc) is 4.04. The number of rotatable bonds is 14. The number of alkyl carbamates (subject to hydrolysis) is 1. The van der Waals surface area contributed by atoms with Gasteiger partial charge in [0.15, 0.2) is 0 Å². The van der Waals surface area contributed by atoms with E-state index in [2.05, 4.69) is 60.8 Å². The Bertz CT molecular complexity index is 2300. The van der Waals surface area contributed by atoms with Crippen LogP contribution in [0.25, 0.3) is 11.1 Å². The Morgan fingerprint density at radius 2 is 1.25 bits per heavy atom. The van der Waals surface area contributed by atoms with Crippen molar-refractivity contribution in [2.45, 2.75) is 146 Å². The molecule has 7 rings (SSSR count). The molecule has 12 heteroatoms. The van der Waals surface area contributed by atoms with Crippen molar-refractivity contribution in [3.63, 3.8) is 0 Å². The molecule has 4 aromatic carbocycles. The Morgan fingerprint density at radius 3 is 1.85 bits per heavy atom. The number of esters is 1. The zero-order chi connectivity index (χ0) is 48.0. The number of halogens is 2. The van der Waals surface area contributed by atoms with Crippen molar-refractivity contribution in [3.8, 4) is 11.1 Å². The van der Waals surface area contributed by atoms with E-state index in [0.29, 0.717) is 18.4 Å². The minimum atomic E-state index is -1.19. The molecule has 3 amide bonds. The molecule has 2 heterocycles. The molecule has 1 aliphatic carbocycles. The van der Waals surface area contributed by atoms with Gasteiger partial charge in [0.1, 0.15) is 29.6 Å². The van der Waals surface area contributed by atoms with Crippen molar-refractivity contribution >= 4 is 23.9 Å². The van der Waals surface area contributed by atoms with Crippen LogP contribution >= 0.6 is 0 Å². The first-order valence-corrected chi connectivity index (χ1v) is 23.9. The second kappa shape index (κ2) is 23.0. The van der Waals surface area contributed by atoms with E-state index in [1.54, 1.807) is 70.7 Å². The summed E-state index contributed by atoms with van der Waals surface area (Å²) in [5.41, 5.74) is 4.24. The SMILES string of the molecule is [CH2-]C(C[CH-][C@@H]1C[C@@H](F)CN1C(=O)[C@H](NC(=O)OC(C)(C)C)c1ccccc1)c1ccc(-c2ccc(C3CCC([C@@H]4C[C@@H](F)CN4C(=O)[C@H](CC(=O)OC(C)(C)C)c4ccccc4)C3)cc2)cc1.[Y]. The zero-order valence-electron chi connectivity index (χ0n) is 40.4. The zero-order valence-corrected chi connectivity index (χ0v) is 43.3. The first-order valence-electron chi connectivity index (χ1n) is 23.9. The van der Waals surface area contributed by atoms with Gasteiger partial charge in [-0.15, -0.1) is 0 Å². The third kappa shape index (κ3) is 13.9. The molecule has 2 saturated heterocycles. The van der Waals surface area contributed by atoms with Crippen molar-refractivity contribution in [2.75, 3.05) is 13.1 Å². The minimum absolute atomic E-state index is 0. The van der Waals surface area contributed by atoms with Crippen LogP contribution in [0.15, 0.2) is 109 Å². The van der Waals surface area contributed by atoms with Crippen LogP contribution in [0.3, 0.4) is 0 Å². The number of benzene rings is 4. The summed E-state index contributed by atoms with van der Waals surface area (Å²) >= 11 is 0. The average molecular weight is 1010 g/mol. The molecular formula is C56H67F2N3O6Y-2. The summed E-state index contributed by atoms with van der Waals surface area (Å²) in [6.45, 7) is 15.0. The predicted octanol–water partition coefficient (Wildman–Crippen LogP) is 11.4. The molecule has 3 aliphatic rings. The molecule has 9 atom stereocenters. The van der Waals surface area contributed by atoms with Crippen molar-refractivity contribution in [2.24, 2.45) is 5.92 Å².